The number of carbonyl (C=O) groups excluding carboxylic acids is 2. The number of nitrogens with zero attached hydrogens (tertiary/aromatic N) is 1. The molecule has 1 heterocycles. The molecule has 0 aliphatic rings. The predicted molar refractivity (Wildman–Crippen MR) is 96.9 cm³/mol. The zero-order chi connectivity index (χ0) is 18.4. The summed E-state index contributed by atoms with van der Waals surface area (Å²) in [6, 6.07) is 19.3. The van der Waals surface area contributed by atoms with Crippen LogP contribution < -0.4 is 15.8 Å². The van der Waals surface area contributed by atoms with Gasteiger partial charge in [-0.3, -0.25) is 9.59 Å². The fourth-order valence-electron chi connectivity index (χ4n) is 2.36. The molecule has 0 unspecified atom stereocenters. The molecule has 6 nitrogen and oxygen atoms in total. The third-order valence-electron chi connectivity index (χ3n) is 3.62. The highest BCUT2D eigenvalue weighted by Crippen LogP contribution is 2.23. The zero-order valence-corrected chi connectivity index (χ0v) is 13.9. The number of ether oxygens (including phenoxy) is 1. The van der Waals surface area contributed by atoms with Crippen LogP contribution in [0.1, 0.15) is 26.4 Å². The smallest absolute Gasteiger partial charge is 0.274 e. The van der Waals surface area contributed by atoms with Gasteiger partial charge in [0.25, 0.3) is 5.91 Å². The van der Waals surface area contributed by atoms with Gasteiger partial charge in [0.15, 0.2) is 11.4 Å². The highest BCUT2D eigenvalue weighted by Gasteiger charge is 2.14. The molecule has 0 atom stereocenters. The lowest BCUT2D eigenvalue weighted by atomic mass is 10.1. The van der Waals surface area contributed by atoms with Crippen molar-refractivity contribution < 1.29 is 14.3 Å². The SMILES string of the molecule is NC(=O)c1cccc(CNC(=O)c2ncccc2Oc2ccccc2)c1. The van der Waals surface area contributed by atoms with E-state index >= 15 is 0 Å². The lowest BCUT2D eigenvalue weighted by molar-refractivity contribution is 0.0942. The molecule has 0 saturated carbocycles. The van der Waals surface area contributed by atoms with E-state index in [0.29, 0.717) is 17.1 Å². The largest absolute Gasteiger partial charge is 0.455 e. The zero-order valence-electron chi connectivity index (χ0n) is 13.9. The van der Waals surface area contributed by atoms with E-state index in [1.54, 1.807) is 48.5 Å². The summed E-state index contributed by atoms with van der Waals surface area (Å²) in [6.45, 7) is 0.237. The highest BCUT2D eigenvalue weighted by atomic mass is 16.5. The molecular weight excluding hydrogens is 330 g/mol. The molecule has 3 aromatic rings. The average Bonchev–Trinajstić information content (AvgIpc) is 2.67. The van der Waals surface area contributed by atoms with Crippen LogP contribution in [0, 0.1) is 0 Å². The maximum Gasteiger partial charge on any atom is 0.274 e. The van der Waals surface area contributed by atoms with Gasteiger partial charge < -0.3 is 15.8 Å². The molecule has 1 aromatic heterocycles. The first-order chi connectivity index (χ1) is 12.6. The molecule has 0 fully saturated rings. The summed E-state index contributed by atoms with van der Waals surface area (Å²) in [5.74, 6) is 0.0910. The highest BCUT2D eigenvalue weighted by molar-refractivity contribution is 5.95. The second-order valence-electron chi connectivity index (χ2n) is 5.51. The third-order valence-corrected chi connectivity index (χ3v) is 3.62. The number of para-hydroxylation sites is 1. The van der Waals surface area contributed by atoms with E-state index < -0.39 is 5.91 Å². The van der Waals surface area contributed by atoms with E-state index in [9.17, 15) is 9.59 Å². The van der Waals surface area contributed by atoms with E-state index in [0.717, 1.165) is 5.56 Å². The molecule has 3 rings (SSSR count). The average molecular weight is 347 g/mol. The molecule has 2 amide bonds. The quantitative estimate of drug-likeness (QED) is 0.717. The molecular formula is C20H17N3O3. The fraction of sp³-hybridized carbons (Fsp3) is 0.0500. The van der Waals surface area contributed by atoms with Crippen LogP contribution in [0.3, 0.4) is 0 Å². The van der Waals surface area contributed by atoms with Crippen LogP contribution in [0.25, 0.3) is 0 Å². The Labute approximate surface area is 150 Å². The van der Waals surface area contributed by atoms with Crippen LogP contribution in [0.15, 0.2) is 72.9 Å². The number of nitrogens with one attached hydrogen (secondary N) is 1. The molecule has 0 radical (unpaired) electrons. The number of hydrogen-bond donors (Lipinski definition) is 2. The number of nitrogens with two attached hydrogens (primary N) is 1. The normalized spacial score (nSPS) is 10.2. The van der Waals surface area contributed by atoms with Crippen molar-refractivity contribution in [2.24, 2.45) is 5.73 Å². The van der Waals surface area contributed by atoms with E-state index in [-0.39, 0.29) is 18.1 Å². The summed E-state index contributed by atoms with van der Waals surface area (Å²) in [7, 11) is 0. The van der Waals surface area contributed by atoms with Gasteiger partial charge in [0.05, 0.1) is 0 Å². The number of amides is 2. The standard InChI is InChI=1S/C20H17N3O3/c21-19(24)15-7-4-6-14(12-15)13-23-20(25)18-17(10-5-11-22-18)26-16-8-2-1-3-9-16/h1-12H,13H2,(H2,21,24)(H,23,25). The molecule has 0 spiro atoms. The van der Waals surface area contributed by atoms with Crippen molar-refractivity contribution in [2.45, 2.75) is 6.54 Å². The van der Waals surface area contributed by atoms with Crippen molar-refractivity contribution in [3.63, 3.8) is 0 Å². The van der Waals surface area contributed by atoms with Gasteiger partial charge in [-0.15, -0.1) is 0 Å². The second-order valence-corrected chi connectivity index (χ2v) is 5.51. The number of pyridine rings is 1. The number of primary amides is 1. The van der Waals surface area contributed by atoms with Crippen molar-refractivity contribution in [1.82, 2.24) is 10.3 Å². The summed E-state index contributed by atoms with van der Waals surface area (Å²) in [5, 5.41) is 2.77. The first kappa shape index (κ1) is 17.2. The van der Waals surface area contributed by atoms with Gasteiger partial charge >= 0.3 is 0 Å². The van der Waals surface area contributed by atoms with Gasteiger partial charge in [0, 0.05) is 18.3 Å². The van der Waals surface area contributed by atoms with E-state index in [1.165, 1.54) is 6.20 Å². The molecule has 26 heavy (non-hydrogen) atoms. The molecule has 3 N–H and O–H groups in total. The minimum absolute atomic E-state index is 0.183. The molecule has 0 aliphatic carbocycles. The Hall–Kier alpha value is -3.67. The van der Waals surface area contributed by atoms with Gasteiger partial charge in [-0.2, -0.15) is 0 Å². The minimum Gasteiger partial charge on any atom is -0.455 e. The monoisotopic (exact) mass is 347 g/mol. The minimum atomic E-state index is -0.513. The number of hydrogen-bond acceptors (Lipinski definition) is 4. The predicted octanol–water partition coefficient (Wildman–Crippen LogP) is 2.90. The Bertz CT molecular complexity index is 926. The summed E-state index contributed by atoms with van der Waals surface area (Å²) in [6.07, 6.45) is 1.53. The van der Waals surface area contributed by atoms with Gasteiger partial charge in [-0.1, -0.05) is 30.3 Å². The van der Waals surface area contributed by atoms with Crippen LogP contribution in [0.5, 0.6) is 11.5 Å². The van der Waals surface area contributed by atoms with E-state index in [4.69, 9.17) is 10.5 Å². The first-order valence-corrected chi connectivity index (χ1v) is 7.98. The summed E-state index contributed by atoms with van der Waals surface area (Å²) in [4.78, 5) is 27.9. The summed E-state index contributed by atoms with van der Waals surface area (Å²) in [5.41, 5.74) is 6.60. The van der Waals surface area contributed by atoms with Crippen LogP contribution in [-0.2, 0) is 6.54 Å². The topological polar surface area (TPSA) is 94.3 Å². The number of rotatable bonds is 6. The van der Waals surface area contributed by atoms with Crippen molar-refractivity contribution in [2.75, 3.05) is 0 Å². The lowest BCUT2D eigenvalue weighted by Gasteiger charge is -2.11. The van der Waals surface area contributed by atoms with Crippen molar-refractivity contribution in [3.05, 3.63) is 89.7 Å². The number of benzene rings is 2. The maximum absolute atomic E-state index is 12.5. The van der Waals surface area contributed by atoms with Crippen molar-refractivity contribution >= 4 is 11.8 Å². The van der Waals surface area contributed by atoms with Crippen LogP contribution in [0.2, 0.25) is 0 Å². The lowest BCUT2D eigenvalue weighted by Crippen LogP contribution is -2.24. The van der Waals surface area contributed by atoms with Crippen molar-refractivity contribution in [1.29, 1.82) is 0 Å². The maximum atomic E-state index is 12.5. The van der Waals surface area contributed by atoms with Gasteiger partial charge in [-0.05, 0) is 42.0 Å². The molecule has 2 aromatic carbocycles. The Morgan fingerprint density at radius 3 is 2.58 bits per heavy atom. The number of carbonyl (C=O) groups is 2. The Balaban J connectivity index is 1.72. The first-order valence-electron chi connectivity index (χ1n) is 7.98. The van der Waals surface area contributed by atoms with Gasteiger partial charge in [-0.25, -0.2) is 4.98 Å². The molecule has 0 bridgehead atoms. The Morgan fingerprint density at radius 1 is 1.00 bits per heavy atom. The Morgan fingerprint density at radius 2 is 1.81 bits per heavy atom. The van der Waals surface area contributed by atoms with Crippen molar-refractivity contribution in [3.8, 4) is 11.5 Å². The van der Waals surface area contributed by atoms with E-state index in [2.05, 4.69) is 10.3 Å². The third kappa shape index (κ3) is 4.24. The van der Waals surface area contributed by atoms with Crippen LogP contribution in [-0.4, -0.2) is 16.8 Å². The van der Waals surface area contributed by atoms with E-state index in [1.807, 2.05) is 18.2 Å². The molecule has 6 heteroatoms. The summed E-state index contributed by atoms with van der Waals surface area (Å²) >= 11 is 0. The number of aromatic nitrogens is 1. The Kier molecular flexibility index (Phi) is 5.24. The van der Waals surface area contributed by atoms with Crippen LogP contribution >= 0.6 is 0 Å². The summed E-state index contributed by atoms with van der Waals surface area (Å²) < 4.78 is 5.75. The molecule has 130 valence electrons. The molecule has 0 aliphatic heterocycles. The van der Waals surface area contributed by atoms with Gasteiger partial charge in [0.1, 0.15) is 5.75 Å². The molecule has 0 saturated heterocycles. The second kappa shape index (κ2) is 7.94. The van der Waals surface area contributed by atoms with Gasteiger partial charge in [0.2, 0.25) is 5.91 Å². The van der Waals surface area contributed by atoms with Crippen LogP contribution in [0.4, 0.5) is 0 Å². The fourth-order valence-corrected chi connectivity index (χ4v) is 2.36.